The standard InChI is InChI=1S/C25H20ClN3O4/c1-16-6-10-19(11-7-16)27-23(30)15-33-22-5-3-2-4-17(22)14-21-24(31)29(25(32)28-21)20-12-8-18(26)9-13-20/h2-14H,15H2,1H3,(H,27,30)(H,28,32)/b21-14+. The lowest BCUT2D eigenvalue weighted by Crippen LogP contribution is -2.30. The first-order valence-electron chi connectivity index (χ1n) is 10.1. The molecule has 3 aromatic rings. The third-order valence-corrected chi connectivity index (χ3v) is 5.13. The molecule has 3 aromatic carbocycles. The van der Waals surface area contributed by atoms with Crippen LogP contribution in [0.4, 0.5) is 16.2 Å². The third kappa shape index (κ3) is 5.22. The number of nitrogens with one attached hydrogen (secondary N) is 2. The Kier molecular flexibility index (Phi) is 6.42. The molecule has 0 saturated carbocycles. The lowest BCUT2D eigenvalue weighted by molar-refractivity contribution is -0.118. The summed E-state index contributed by atoms with van der Waals surface area (Å²) in [7, 11) is 0. The second-order valence-corrected chi connectivity index (χ2v) is 7.78. The maximum absolute atomic E-state index is 12.8. The van der Waals surface area contributed by atoms with Crippen LogP contribution in [0.1, 0.15) is 11.1 Å². The van der Waals surface area contributed by atoms with E-state index in [9.17, 15) is 14.4 Å². The third-order valence-electron chi connectivity index (χ3n) is 4.88. The zero-order chi connectivity index (χ0) is 23.4. The zero-order valence-electron chi connectivity index (χ0n) is 17.7. The van der Waals surface area contributed by atoms with Gasteiger partial charge in [-0.25, -0.2) is 9.69 Å². The van der Waals surface area contributed by atoms with E-state index in [1.54, 1.807) is 48.5 Å². The summed E-state index contributed by atoms with van der Waals surface area (Å²) >= 11 is 5.89. The van der Waals surface area contributed by atoms with Crippen molar-refractivity contribution in [1.29, 1.82) is 0 Å². The quantitative estimate of drug-likeness (QED) is 0.409. The van der Waals surface area contributed by atoms with Crippen LogP contribution in [0.3, 0.4) is 0 Å². The van der Waals surface area contributed by atoms with Gasteiger partial charge >= 0.3 is 6.03 Å². The van der Waals surface area contributed by atoms with Gasteiger partial charge < -0.3 is 15.4 Å². The summed E-state index contributed by atoms with van der Waals surface area (Å²) in [5.41, 5.74) is 2.81. The van der Waals surface area contributed by atoms with Crippen molar-refractivity contribution in [2.24, 2.45) is 0 Å². The van der Waals surface area contributed by atoms with Crippen molar-refractivity contribution in [3.05, 3.63) is 94.6 Å². The molecule has 0 spiro atoms. The summed E-state index contributed by atoms with van der Waals surface area (Å²) < 4.78 is 5.68. The highest BCUT2D eigenvalue weighted by atomic mass is 35.5. The summed E-state index contributed by atoms with van der Waals surface area (Å²) in [5, 5.41) is 5.84. The molecule has 1 fully saturated rings. The van der Waals surface area contributed by atoms with Crippen molar-refractivity contribution >= 4 is 46.9 Å². The molecule has 7 nitrogen and oxygen atoms in total. The van der Waals surface area contributed by atoms with Gasteiger partial charge in [0.15, 0.2) is 6.61 Å². The van der Waals surface area contributed by atoms with E-state index in [1.807, 2.05) is 31.2 Å². The molecule has 166 valence electrons. The van der Waals surface area contributed by atoms with Gasteiger partial charge in [-0.05, 0) is 55.5 Å². The number of para-hydroxylation sites is 1. The van der Waals surface area contributed by atoms with Gasteiger partial charge in [0.25, 0.3) is 11.8 Å². The number of anilines is 2. The molecule has 2 N–H and O–H groups in total. The summed E-state index contributed by atoms with van der Waals surface area (Å²) in [6.07, 6.45) is 1.52. The number of urea groups is 1. The zero-order valence-corrected chi connectivity index (χ0v) is 18.4. The fraction of sp³-hybridized carbons (Fsp3) is 0.0800. The molecule has 0 aromatic heterocycles. The maximum atomic E-state index is 12.8. The van der Waals surface area contributed by atoms with E-state index >= 15 is 0 Å². The number of imide groups is 1. The second-order valence-electron chi connectivity index (χ2n) is 7.35. The molecule has 0 aliphatic carbocycles. The van der Waals surface area contributed by atoms with Crippen LogP contribution in [0.2, 0.25) is 5.02 Å². The Morgan fingerprint density at radius 3 is 2.45 bits per heavy atom. The molecule has 0 atom stereocenters. The minimum absolute atomic E-state index is 0.0927. The molecule has 33 heavy (non-hydrogen) atoms. The molecule has 1 aliphatic rings. The molecule has 1 aliphatic heterocycles. The van der Waals surface area contributed by atoms with E-state index in [0.717, 1.165) is 10.5 Å². The van der Waals surface area contributed by atoms with Crippen molar-refractivity contribution in [2.75, 3.05) is 16.8 Å². The maximum Gasteiger partial charge on any atom is 0.333 e. The van der Waals surface area contributed by atoms with Crippen molar-refractivity contribution < 1.29 is 19.1 Å². The number of rotatable bonds is 6. The smallest absolute Gasteiger partial charge is 0.333 e. The number of nitrogens with zero attached hydrogens (tertiary/aromatic N) is 1. The van der Waals surface area contributed by atoms with Crippen molar-refractivity contribution in [3.8, 4) is 5.75 Å². The Morgan fingerprint density at radius 2 is 1.73 bits per heavy atom. The highest BCUT2D eigenvalue weighted by Gasteiger charge is 2.35. The Bertz CT molecular complexity index is 1240. The number of hydrogen-bond acceptors (Lipinski definition) is 4. The van der Waals surface area contributed by atoms with Gasteiger partial charge in [-0.3, -0.25) is 9.59 Å². The minimum atomic E-state index is -0.565. The van der Waals surface area contributed by atoms with Crippen LogP contribution >= 0.6 is 11.6 Å². The van der Waals surface area contributed by atoms with E-state index < -0.39 is 11.9 Å². The topological polar surface area (TPSA) is 87.7 Å². The van der Waals surface area contributed by atoms with Crippen molar-refractivity contribution in [1.82, 2.24) is 5.32 Å². The monoisotopic (exact) mass is 461 g/mol. The number of ether oxygens (including phenoxy) is 1. The first-order valence-corrected chi connectivity index (χ1v) is 10.5. The van der Waals surface area contributed by atoms with Crippen LogP contribution in [0.15, 0.2) is 78.5 Å². The molecular formula is C25H20ClN3O4. The predicted octanol–water partition coefficient (Wildman–Crippen LogP) is 4.76. The van der Waals surface area contributed by atoms with E-state index in [0.29, 0.717) is 27.7 Å². The van der Waals surface area contributed by atoms with Crippen LogP contribution < -0.4 is 20.3 Å². The van der Waals surface area contributed by atoms with Crippen LogP contribution in [0.5, 0.6) is 5.75 Å². The molecule has 4 rings (SSSR count). The summed E-state index contributed by atoms with van der Waals surface area (Å²) in [5.74, 6) is -0.425. The molecular weight excluding hydrogens is 442 g/mol. The number of halogens is 1. The van der Waals surface area contributed by atoms with Gasteiger partial charge in [0, 0.05) is 16.3 Å². The van der Waals surface area contributed by atoms with E-state index in [2.05, 4.69) is 10.6 Å². The van der Waals surface area contributed by atoms with E-state index in [4.69, 9.17) is 16.3 Å². The normalized spacial score (nSPS) is 14.4. The molecule has 0 unspecified atom stereocenters. The lowest BCUT2D eigenvalue weighted by atomic mass is 10.1. The number of carbonyl (C=O) groups is 3. The Hall–Kier alpha value is -4.10. The van der Waals surface area contributed by atoms with Gasteiger partial charge in [-0.2, -0.15) is 0 Å². The van der Waals surface area contributed by atoms with Gasteiger partial charge in [-0.1, -0.05) is 47.5 Å². The SMILES string of the molecule is Cc1ccc(NC(=O)COc2ccccc2/C=C2/NC(=O)N(c3ccc(Cl)cc3)C2=O)cc1. The Labute approximate surface area is 195 Å². The van der Waals surface area contributed by atoms with Crippen molar-refractivity contribution in [3.63, 3.8) is 0 Å². The largest absolute Gasteiger partial charge is 0.483 e. The molecule has 8 heteroatoms. The number of benzene rings is 3. The molecule has 1 saturated heterocycles. The van der Waals surface area contributed by atoms with Crippen molar-refractivity contribution in [2.45, 2.75) is 6.92 Å². The average Bonchev–Trinajstić information content (AvgIpc) is 3.08. The number of aryl methyl sites for hydroxylation is 1. The molecule has 1 heterocycles. The van der Waals surface area contributed by atoms with Gasteiger partial charge in [-0.15, -0.1) is 0 Å². The van der Waals surface area contributed by atoms with Gasteiger partial charge in [0.2, 0.25) is 0 Å². The Balaban J connectivity index is 1.47. The first-order chi connectivity index (χ1) is 15.9. The fourth-order valence-electron chi connectivity index (χ4n) is 3.22. The predicted molar refractivity (Wildman–Crippen MR) is 127 cm³/mol. The highest BCUT2D eigenvalue weighted by molar-refractivity contribution is 6.31. The molecule has 0 radical (unpaired) electrons. The van der Waals surface area contributed by atoms with E-state index in [-0.39, 0.29) is 18.2 Å². The van der Waals surface area contributed by atoms with Crippen LogP contribution in [-0.4, -0.2) is 24.5 Å². The molecule has 0 bridgehead atoms. The van der Waals surface area contributed by atoms with Crippen LogP contribution in [0.25, 0.3) is 6.08 Å². The highest BCUT2D eigenvalue weighted by Crippen LogP contribution is 2.26. The van der Waals surface area contributed by atoms with Crippen LogP contribution in [-0.2, 0) is 9.59 Å². The fourth-order valence-corrected chi connectivity index (χ4v) is 3.35. The van der Waals surface area contributed by atoms with E-state index in [1.165, 1.54) is 6.08 Å². The van der Waals surface area contributed by atoms with Gasteiger partial charge in [0.1, 0.15) is 11.4 Å². The summed E-state index contributed by atoms with van der Waals surface area (Å²) in [6, 6.07) is 20.2. The summed E-state index contributed by atoms with van der Waals surface area (Å²) in [6.45, 7) is 1.75. The average molecular weight is 462 g/mol. The Morgan fingerprint density at radius 1 is 1.03 bits per heavy atom. The van der Waals surface area contributed by atoms with Crippen LogP contribution in [0, 0.1) is 6.92 Å². The summed E-state index contributed by atoms with van der Waals surface area (Å²) in [4.78, 5) is 38.5. The lowest BCUT2D eigenvalue weighted by Gasteiger charge is -2.11. The minimum Gasteiger partial charge on any atom is -0.483 e. The number of amides is 4. The second kappa shape index (κ2) is 9.58. The van der Waals surface area contributed by atoms with Gasteiger partial charge in [0.05, 0.1) is 5.69 Å². The first kappa shape index (κ1) is 22.1. The number of carbonyl (C=O) groups excluding carboxylic acids is 3. The molecule has 4 amide bonds. The number of hydrogen-bond donors (Lipinski definition) is 2.